The van der Waals surface area contributed by atoms with Crippen molar-refractivity contribution in [3.05, 3.63) is 116 Å². The first-order chi connectivity index (χ1) is 20.7. The third kappa shape index (κ3) is 4.96. The average Bonchev–Trinajstić information content (AvgIpc) is 3.00. The topological polar surface area (TPSA) is 0 Å². The van der Waals surface area contributed by atoms with Crippen LogP contribution in [-0.2, 0) is 0 Å². The Morgan fingerprint density at radius 3 is 0.370 bits per heavy atom. The molecule has 0 aliphatic carbocycles. The van der Waals surface area contributed by atoms with E-state index in [2.05, 4.69) is 0 Å². The number of rotatable bonds is 4. The van der Waals surface area contributed by atoms with Gasteiger partial charge in [-0.05, 0) is 0 Å². The van der Waals surface area contributed by atoms with E-state index < -0.39 is 144 Å². The molecule has 0 aliphatic heterocycles. The van der Waals surface area contributed by atoms with Crippen LogP contribution in [0.4, 0.5) is 87.8 Å². The van der Waals surface area contributed by atoms with Gasteiger partial charge in [-0.1, -0.05) is 0 Å². The normalized spacial score (nSPS) is 11.7. The molecule has 0 N–H and O–H groups in total. The maximum atomic E-state index is 15.4. The Hall–Kier alpha value is -2.40. The molecule has 0 spiro atoms. The predicted molar refractivity (Wildman–Crippen MR) is 109 cm³/mol. The van der Waals surface area contributed by atoms with Crippen molar-refractivity contribution in [2.45, 2.75) is 0 Å². The summed E-state index contributed by atoms with van der Waals surface area (Å²) in [5, 5.41) is 0. The van der Waals surface area contributed by atoms with Crippen LogP contribution in [0.1, 0.15) is 0 Å². The summed E-state index contributed by atoms with van der Waals surface area (Å²) in [6.45, 7) is 0. The monoisotopic (exact) mass is 812 g/mol. The first-order valence-corrected chi connectivity index (χ1v) is 10.9. The molecule has 4 aromatic carbocycles. The van der Waals surface area contributed by atoms with E-state index in [1.54, 1.807) is 0 Å². The van der Waals surface area contributed by atoms with E-state index in [-0.39, 0.29) is 68.9 Å². The second kappa shape index (κ2) is 12.9. The molecule has 0 radical (unpaired) electrons. The average molecular weight is 812 g/mol. The van der Waals surface area contributed by atoms with Crippen LogP contribution in [0.3, 0.4) is 0 Å². The molecule has 0 atom stereocenters. The van der Waals surface area contributed by atoms with E-state index in [0.29, 0.717) is 0 Å². The molecule has 0 aliphatic rings. The molecule has 4 aromatic rings. The van der Waals surface area contributed by atoms with Gasteiger partial charge in [-0.2, -0.15) is 0 Å². The summed E-state index contributed by atoms with van der Waals surface area (Å²) in [6.07, 6.45) is -7.22. The van der Waals surface area contributed by atoms with Crippen molar-refractivity contribution in [3.8, 4) is 0 Å². The van der Waals surface area contributed by atoms with Gasteiger partial charge in [-0.3, -0.25) is 0 Å². The zero-order valence-corrected chi connectivity index (χ0v) is 27.4. The molecule has 0 saturated carbocycles. The van der Waals surface area contributed by atoms with E-state index >= 15 is 35.1 Å². The van der Waals surface area contributed by atoms with Crippen molar-refractivity contribution >= 4 is 28.0 Å². The fraction of sp³-hybridized carbons (Fsp3) is 0. The first kappa shape index (κ1) is 38.0. The molecule has 22 heteroatoms. The summed E-state index contributed by atoms with van der Waals surface area (Å²) >= 11 is 0. The van der Waals surface area contributed by atoms with Gasteiger partial charge in [0.15, 0.2) is 69.8 Å². The number of halogens is 20. The van der Waals surface area contributed by atoms with Crippen LogP contribution in [0, 0.1) is 116 Å². The smallest absolute Gasteiger partial charge is 0.207 e. The molecular formula is C24BCsF20. The van der Waals surface area contributed by atoms with Gasteiger partial charge >= 0.3 is 68.9 Å². The van der Waals surface area contributed by atoms with Crippen molar-refractivity contribution in [1.29, 1.82) is 0 Å². The van der Waals surface area contributed by atoms with Gasteiger partial charge in [-0.25, -0.2) is 87.8 Å². The van der Waals surface area contributed by atoms with Crippen LogP contribution < -0.4 is 90.7 Å². The van der Waals surface area contributed by atoms with Gasteiger partial charge in [0.25, 0.3) is 0 Å². The number of benzene rings is 4. The van der Waals surface area contributed by atoms with Crippen LogP contribution in [-0.4, -0.2) is 6.15 Å². The van der Waals surface area contributed by atoms with Gasteiger partial charge in [0.1, 0.15) is 52.7 Å². The Morgan fingerprint density at radius 1 is 0.174 bits per heavy atom. The van der Waals surface area contributed by atoms with Gasteiger partial charge in [0.05, 0.1) is 0 Å². The number of hydrogen-bond donors (Lipinski definition) is 0. The second-order valence-corrected chi connectivity index (χ2v) is 8.80. The molecule has 0 bridgehead atoms. The van der Waals surface area contributed by atoms with E-state index in [1.165, 1.54) is 0 Å². The Balaban J connectivity index is 0.00000576. The van der Waals surface area contributed by atoms with Crippen molar-refractivity contribution in [2.24, 2.45) is 0 Å². The van der Waals surface area contributed by atoms with E-state index in [9.17, 15) is 52.7 Å². The standard InChI is InChI=1S/C24BF20.Cs/c26-5-1(6(27)14(35)21(42)13(5)34)25(2-7(28)15(36)22(43)16(37)8(2)29,3-9(30)17(38)23(44)18(39)10(3)31)4-11(32)19(40)24(45)20(41)12(4)33;/q-1;+1. The minimum atomic E-state index is -7.22. The molecule has 0 nitrogen and oxygen atoms in total. The Labute approximate surface area is 298 Å². The Kier molecular flexibility index (Phi) is 10.7. The van der Waals surface area contributed by atoms with Crippen LogP contribution >= 0.6 is 0 Å². The molecule has 0 unspecified atom stereocenters. The summed E-state index contributed by atoms with van der Waals surface area (Å²) in [5.41, 5.74) is -14.3. The van der Waals surface area contributed by atoms with Crippen molar-refractivity contribution in [3.63, 3.8) is 0 Å². The van der Waals surface area contributed by atoms with Gasteiger partial charge in [0, 0.05) is 0 Å². The molecule has 46 heavy (non-hydrogen) atoms. The molecule has 0 aromatic heterocycles. The minimum Gasteiger partial charge on any atom is -0.207 e. The number of hydrogen-bond acceptors (Lipinski definition) is 0. The molecule has 0 fully saturated rings. The summed E-state index contributed by atoms with van der Waals surface area (Å²) < 4.78 is 294. The minimum absolute atomic E-state index is 0. The quantitative estimate of drug-likeness (QED) is 0.129. The third-order valence-electron chi connectivity index (χ3n) is 6.71. The van der Waals surface area contributed by atoms with Crippen LogP contribution in [0.25, 0.3) is 0 Å². The van der Waals surface area contributed by atoms with Crippen molar-refractivity contribution in [2.75, 3.05) is 0 Å². The molecule has 0 saturated heterocycles. The summed E-state index contributed by atoms with van der Waals surface area (Å²) in [6, 6.07) is 0. The zero-order valence-electron chi connectivity index (χ0n) is 21.1. The SMILES string of the molecule is Fc1c(F)c(F)c([B-](c2c(F)c(F)c(F)c(F)c2F)(c2c(F)c(F)c(F)c(F)c2F)c2c(F)c(F)c(F)c(F)c2F)c(F)c1F.[Cs+]. The van der Waals surface area contributed by atoms with Gasteiger partial charge in [-0.15, -0.1) is 21.9 Å². The zero-order chi connectivity index (χ0) is 34.4. The van der Waals surface area contributed by atoms with E-state index in [0.717, 1.165) is 0 Å². The van der Waals surface area contributed by atoms with Crippen molar-refractivity contribution in [1.82, 2.24) is 0 Å². The summed E-state index contributed by atoms with van der Waals surface area (Å²) in [7, 11) is 0. The first-order valence-electron chi connectivity index (χ1n) is 10.9. The van der Waals surface area contributed by atoms with E-state index in [4.69, 9.17) is 0 Å². The maximum Gasteiger partial charge on any atom is 1.00 e. The molecular weight excluding hydrogens is 812 g/mol. The fourth-order valence-electron chi connectivity index (χ4n) is 4.87. The summed E-state index contributed by atoms with van der Waals surface area (Å²) in [5.74, 6) is -71.4. The van der Waals surface area contributed by atoms with Crippen LogP contribution in [0.15, 0.2) is 0 Å². The van der Waals surface area contributed by atoms with Crippen LogP contribution in [0.2, 0.25) is 0 Å². The molecule has 0 heterocycles. The van der Waals surface area contributed by atoms with Crippen LogP contribution in [0.5, 0.6) is 0 Å². The Bertz CT molecular complexity index is 1580. The van der Waals surface area contributed by atoms with E-state index in [1.807, 2.05) is 0 Å². The summed E-state index contributed by atoms with van der Waals surface area (Å²) in [4.78, 5) is 0. The second-order valence-electron chi connectivity index (χ2n) is 8.80. The maximum absolute atomic E-state index is 15.4. The largest absolute Gasteiger partial charge is 1.00 e. The van der Waals surface area contributed by atoms with Gasteiger partial charge in [0.2, 0.25) is 0 Å². The predicted octanol–water partition coefficient (Wildman–Crippen LogP) is 2.85. The van der Waals surface area contributed by atoms with Crippen molar-refractivity contribution < 1.29 is 157 Å². The van der Waals surface area contributed by atoms with Gasteiger partial charge < -0.3 is 0 Å². The molecule has 4 rings (SSSR count). The molecule has 0 amide bonds. The third-order valence-corrected chi connectivity index (χ3v) is 6.71. The fourth-order valence-corrected chi connectivity index (χ4v) is 4.87. The Morgan fingerprint density at radius 2 is 0.261 bits per heavy atom. The molecule has 240 valence electrons.